The minimum atomic E-state index is -4.49. The molecule has 0 atom stereocenters. The van der Waals surface area contributed by atoms with Crippen molar-refractivity contribution in [3.05, 3.63) is 0 Å². The van der Waals surface area contributed by atoms with Gasteiger partial charge in [0.15, 0.2) is 0 Å². The van der Waals surface area contributed by atoms with Crippen molar-refractivity contribution in [2.24, 2.45) is 0 Å². The van der Waals surface area contributed by atoms with E-state index >= 15 is 0 Å². The Morgan fingerprint density at radius 3 is 2.39 bits per heavy atom. The van der Waals surface area contributed by atoms with E-state index in [2.05, 4.69) is 5.32 Å². The van der Waals surface area contributed by atoms with Crippen LogP contribution in [0, 0.1) is 0 Å². The summed E-state index contributed by atoms with van der Waals surface area (Å²) in [6, 6.07) is 0.477. The molecule has 0 spiro atoms. The fourth-order valence-electron chi connectivity index (χ4n) is 1.58. The van der Waals surface area contributed by atoms with Gasteiger partial charge >= 0.3 is 6.18 Å². The molecule has 18 heavy (non-hydrogen) atoms. The van der Waals surface area contributed by atoms with Gasteiger partial charge in [0.05, 0.1) is 5.75 Å². The lowest BCUT2D eigenvalue weighted by Crippen LogP contribution is -2.40. The van der Waals surface area contributed by atoms with Gasteiger partial charge in [-0.25, -0.2) is 8.42 Å². The number of nitrogens with one attached hydrogen (secondary N) is 1. The Hall–Kier alpha value is -0.340. The molecule has 1 fully saturated rings. The van der Waals surface area contributed by atoms with Crippen molar-refractivity contribution in [1.29, 1.82) is 0 Å². The van der Waals surface area contributed by atoms with E-state index in [1.54, 1.807) is 0 Å². The van der Waals surface area contributed by atoms with E-state index in [4.69, 9.17) is 0 Å². The van der Waals surface area contributed by atoms with Gasteiger partial charge in [0, 0.05) is 12.6 Å². The number of hydrogen-bond acceptors (Lipinski definition) is 3. The highest BCUT2D eigenvalue weighted by molar-refractivity contribution is 7.89. The summed E-state index contributed by atoms with van der Waals surface area (Å²) in [5.74, 6) is -0.239. The summed E-state index contributed by atoms with van der Waals surface area (Å²) >= 11 is 0. The predicted octanol–water partition coefficient (Wildman–Crippen LogP) is 1.34. The molecule has 0 aromatic rings. The topological polar surface area (TPSA) is 49.4 Å². The molecular formula is C10H19F3N2O2S. The maximum Gasteiger partial charge on any atom is 0.402 e. The highest BCUT2D eigenvalue weighted by Gasteiger charge is 2.35. The maximum atomic E-state index is 12.2. The third-order valence-corrected chi connectivity index (χ3v) is 4.67. The number of nitrogens with zero attached hydrogens (tertiary/aromatic N) is 1. The first-order chi connectivity index (χ1) is 8.24. The SMILES string of the molecule is CCN(CC(F)(F)F)S(=O)(=O)CCCNC1CC1. The smallest absolute Gasteiger partial charge is 0.314 e. The van der Waals surface area contributed by atoms with Gasteiger partial charge in [0.25, 0.3) is 0 Å². The molecular weight excluding hydrogens is 269 g/mol. The first kappa shape index (κ1) is 15.7. The van der Waals surface area contributed by atoms with Crippen molar-refractivity contribution >= 4 is 10.0 Å². The van der Waals surface area contributed by atoms with Gasteiger partial charge in [-0.1, -0.05) is 6.92 Å². The third kappa shape index (κ3) is 6.01. The predicted molar refractivity (Wildman–Crippen MR) is 62.7 cm³/mol. The van der Waals surface area contributed by atoms with E-state index in [-0.39, 0.29) is 12.3 Å². The van der Waals surface area contributed by atoms with Gasteiger partial charge in [-0.2, -0.15) is 17.5 Å². The largest absolute Gasteiger partial charge is 0.402 e. The van der Waals surface area contributed by atoms with E-state index in [9.17, 15) is 21.6 Å². The monoisotopic (exact) mass is 288 g/mol. The van der Waals surface area contributed by atoms with Gasteiger partial charge in [-0.3, -0.25) is 0 Å². The fraction of sp³-hybridized carbons (Fsp3) is 1.00. The lowest BCUT2D eigenvalue weighted by molar-refractivity contribution is -0.135. The van der Waals surface area contributed by atoms with Gasteiger partial charge in [-0.05, 0) is 25.8 Å². The van der Waals surface area contributed by atoms with Crippen molar-refractivity contribution in [1.82, 2.24) is 9.62 Å². The molecule has 1 rings (SSSR count). The summed E-state index contributed by atoms with van der Waals surface area (Å²) in [6.45, 7) is 0.388. The summed E-state index contributed by atoms with van der Waals surface area (Å²) in [4.78, 5) is 0. The number of sulfonamides is 1. The average Bonchev–Trinajstić information content (AvgIpc) is 3.03. The molecule has 0 aliphatic heterocycles. The molecule has 1 N–H and O–H groups in total. The van der Waals surface area contributed by atoms with Gasteiger partial charge in [-0.15, -0.1) is 0 Å². The van der Waals surface area contributed by atoms with Crippen LogP contribution in [-0.4, -0.2) is 50.3 Å². The molecule has 0 bridgehead atoms. The summed E-state index contributed by atoms with van der Waals surface area (Å²) in [7, 11) is -3.81. The standard InChI is InChI=1S/C10H19F3N2O2S/c1-2-15(8-10(11,12)13)18(16,17)7-3-6-14-9-4-5-9/h9,14H,2-8H2,1H3. The Morgan fingerprint density at radius 1 is 1.33 bits per heavy atom. The zero-order valence-corrected chi connectivity index (χ0v) is 11.1. The maximum absolute atomic E-state index is 12.2. The molecule has 0 saturated heterocycles. The average molecular weight is 288 g/mol. The Bertz CT molecular complexity index is 353. The molecule has 0 radical (unpaired) electrons. The van der Waals surface area contributed by atoms with E-state index in [1.165, 1.54) is 6.92 Å². The molecule has 1 aliphatic rings. The first-order valence-electron chi connectivity index (χ1n) is 6.02. The minimum Gasteiger partial charge on any atom is -0.314 e. The Balaban J connectivity index is 2.37. The van der Waals surface area contributed by atoms with E-state index in [1.807, 2.05) is 0 Å². The summed E-state index contributed by atoms with van der Waals surface area (Å²) < 4.78 is 60.5. The van der Waals surface area contributed by atoms with Crippen LogP contribution in [0.15, 0.2) is 0 Å². The van der Waals surface area contributed by atoms with Crippen LogP contribution in [0.2, 0.25) is 0 Å². The van der Waals surface area contributed by atoms with Crippen molar-refractivity contribution in [2.75, 3.05) is 25.4 Å². The normalized spacial score (nSPS) is 17.4. The Kier molecular flexibility index (Phi) is 5.42. The van der Waals surface area contributed by atoms with Gasteiger partial charge in [0.1, 0.15) is 6.54 Å². The van der Waals surface area contributed by atoms with Crippen LogP contribution in [-0.2, 0) is 10.0 Å². The van der Waals surface area contributed by atoms with Crippen molar-refractivity contribution in [3.63, 3.8) is 0 Å². The molecule has 0 heterocycles. The molecule has 1 aliphatic carbocycles. The van der Waals surface area contributed by atoms with E-state index in [0.29, 0.717) is 23.3 Å². The first-order valence-corrected chi connectivity index (χ1v) is 7.63. The van der Waals surface area contributed by atoms with Crippen LogP contribution < -0.4 is 5.32 Å². The highest BCUT2D eigenvalue weighted by atomic mass is 32.2. The molecule has 0 amide bonds. The van der Waals surface area contributed by atoms with Gasteiger partial charge in [0.2, 0.25) is 10.0 Å². The summed E-state index contributed by atoms with van der Waals surface area (Å²) in [6.07, 6.45) is -1.95. The van der Waals surface area contributed by atoms with Crippen molar-refractivity contribution in [2.45, 2.75) is 38.4 Å². The number of rotatable bonds is 8. The van der Waals surface area contributed by atoms with Crippen LogP contribution in [0.4, 0.5) is 13.2 Å². The minimum absolute atomic E-state index is 0.155. The highest BCUT2D eigenvalue weighted by Crippen LogP contribution is 2.20. The molecule has 108 valence electrons. The number of hydrogen-bond donors (Lipinski definition) is 1. The Labute approximate surface area is 106 Å². The number of alkyl halides is 3. The van der Waals surface area contributed by atoms with Crippen LogP contribution in [0.5, 0.6) is 0 Å². The van der Waals surface area contributed by atoms with E-state index < -0.39 is 22.7 Å². The molecule has 4 nitrogen and oxygen atoms in total. The molecule has 0 aromatic heterocycles. The lowest BCUT2D eigenvalue weighted by Gasteiger charge is -2.21. The van der Waals surface area contributed by atoms with Crippen LogP contribution >= 0.6 is 0 Å². The second-order valence-corrected chi connectivity index (χ2v) is 6.53. The van der Waals surface area contributed by atoms with Crippen LogP contribution in [0.25, 0.3) is 0 Å². The fourth-order valence-corrected chi connectivity index (χ4v) is 3.09. The summed E-state index contributed by atoms with van der Waals surface area (Å²) in [5, 5.41) is 3.13. The molecule has 1 saturated carbocycles. The molecule has 0 unspecified atom stereocenters. The zero-order chi connectivity index (χ0) is 13.8. The Morgan fingerprint density at radius 2 is 1.94 bits per heavy atom. The quantitative estimate of drug-likeness (QED) is 0.686. The third-order valence-electron chi connectivity index (χ3n) is 2.69. The zero-order valence-electron chi connectivity index (χ0n) is 10.3. The van der Waals surface area contributed by atoms with Crippen LogP contribution in [0.1, 0.15) is 26.2 Å². The second-order valence-electron chi connectivity index (χ2n) is 4.44. The number of halogens is 3. The van der Waals surface area contributed by atoms with Gasteiger partial charge < -0.3 is 5.32 Å². The second kappa shape index (κ2) is 6.21. The van der Waals surface area contributed by atoms with Crippen molar-refractivity contribution < 1.29 is 21.6 Å². The lowest BCUT2D eigenvalue weighted by atomic mass is 10.5. The molecule has 0 aromatic carbocycles. The van der Waals surface area contributed by atoms with Crippen LogP contribution in [0.3, 0.4) is 0 Å². The van der Waals surface area contributed by atoms with E-state index in [0.717, 1.165) is 12.8 Å². The summed E-state index contributed by atoms with van der Waals surface area (Å²) in [5.41, 5.74) is 0. The van der Waals surface area contributed by atoms with Crippen molar-refractivity contribution in [3.8, 4) is 0 Å². The molecule has 8 heteroatoms.